The molecule has 0 radical (unpaired) electrons. The highest BCUT2D eigenvalue weighted by molar-refractivity contribution is 7.91. The third-order valence-electron chi connectivity index (χ3n) is 8.05. The monoisotopic (exact) mass is 600 g/mol. The molecule has 1 saturated carbocycles. The molecule has 3 aromatic rings. The number of hydrogen-bond acceptors (Lipinski definition) is 5. The van der Waals surface area contributed by atoms with Gasteiger partial charge in [0.25, 0.3) is 0 Å². The lowest BCUT2D eigenvalue weighted by Crippen LogP contribution is -2.58. The van der Waals surface area contributed by atoms with Gasteiger partial charge >= 0.3 is 5.97 Å². The number of pyridine rings is 1. The number of halogens is 2. The number of aromatic nitrogens is 1. The lowest BCUT2D eigenvalue weighted by Gasteiger charge is -2.52. The van der Waals surface area contributed by atoms with E-state index < -0.39 is 33.3 Å². The molecule has 1 N–H and O–H groups in total. The van der Waals surface area contributed by atoms with Crippen molar-refractivity contribution in [2.45, 2.75) is 55.5 Å². The zero-order valence-electron chi connectivity index (χ0n) is 21.9. The number of likely N-dealkylation sites (tertiary alicyclic amines) is 1. The van der Waals surface area contributed by atoms with Crippen molar-refractivity contribution >= 4 is 44.9 Å². The van der Waals surface area contributed by atoms with Gasteiger partial charge in [-0.05, 0) is 72.7 Å². The summed E-state index contributed by atoms with van der Waals surface area (Å²) in [5, 5.41) is 10.9. The van der Waals surface area contributed by atoms with Crippen molar-refractivity contribution in [3.05, 3.63) is 94.2 Å². The van der Waals surface area contributed by atoms with Crippen LogP contribution >= 0.6 is 23.2 Å². The standard InChI is InChI=1S/C30H30Cl2N2O5S/c1-30(17-27(35)36)16-25(21-3-2-4-23(32)15-21)28(20-7-9-22(31)10-8-20)34(29(30)37)26(19-5-6-19)18-40(38,39)24-11-13-33-14-12-24/h2-4,7-15,19,25-26,28H,5-6,16-18H2,1H3,(H,35,36)/t25-,26-,28-,30-/m1/s1. The second-order valence-corrected chi connectivity index (χ2v) is 14.0. The first-order valence-corrected chi connectivity index (χ1v) is 15.6. The van der Waals surface area contributed by atoms with Gasteiger partial charge in [0.15, 0.2) is 9.84 Å². The van der Waals surface area contributed by atoms with Crippen molar-refractivity contribution in [1.29, 1.82) is 0 Å². The fraction of sp³-hybridized carbons (Fsp3) is 0.367. The van der Waals surface area contributed by atoms with Crippen molar-refractivity contribution in [1.82, 2.24) is 9.88 Å². The normalized spacial score (nSPS) is 24.1. The van der Waals surface area contributed by atoms with Crippen LogP contribution in [0.25, 0.3) is 0 Å². The van der Waals surface area contributed by atoms with Gasteiger partial charge in [0.2, 0.25) is 5.91 Å². The first-order chi connectivity index (χ1) is 19.0. The number of rotatable bonds is 9. The minimum Gasteiger partial charge on any atom is -0.481 e. The number of nitrogens with zero attached hydrogens (tertiary/aromatic N) is 2. The Morgan fingerprint density at radius 2 is 1.73 bits per heavy atom. The number of carbonyl (C=O) groups is 2. The van der Waals surface area contributed by atoms with E-state index in [1.165, 1.54) is 24.5 Å². The molecule has 7 nitrogen and oxygen atoms in total. The number of amides is 1. The van der Waals surface area contributed by atoms with Gasteiger partial charge in [-0.2, -0.15) is 0 Å². The maximum absolute atomic E-state index is 14.5. The third kappa shape index (κ3) is 5.90. The minimum atomic E-state index is -3.79. The molecule has 2 fully saturated rings. The van der Waals surface area contributed by atoms with Gasteiger partial charge in [-0.25, -0.2) is 8.42 Å². The SMILES string of the molecule is C[C@]1(CC(=O)O)C[C@H](c2cccc(Cl)c2)[C@@H](c2ccc(Cl)cc2)N([C@H](CS(=O)(=O)c2ccncc2)C2CC2)C1=O. The molecule has 1 amide bonds. The molecule has 5 rings (SSSR count). The minimum absolute atomic E-state index is 0.0254. The number of piperidine rings is 1. The van der Waals surface area contributed by atoms with Crippen molar-refractivity contribution in [2.24, 2.45) is 11.3 Å². The first-order valence-electron chi connectivity index (χ1n) is 13.2. The molecule has 210 valence electrons. The predicted octanol–water partition coefficient (Wildman–Crippen LogP) is 6.18. The van der Waals surface area contributed by atoms with Crippen molar-refractivity contribution < 1.29 is 23.1 Å². The van der Waals surface area contributed by atoms with Crippen LogP contribution in [0.15, 0.2) is 78.0 Å². The van der Waals surface area contributed by atoms with E-state index in [2.05, 4.69) is 4.98 Å². The number of benzene rings is 2. The van der Waals surface area contributed by atoms with E-state index in [0.717, 1.165) is 24.0 Å². The molecule has 1 aromatic heterocycles. The zero-order chi connectivity index (χ0) is 28.7. The largest absolute Gasteiger partial charge is 0.481 e. The van der Waals surface area contributed by atoms with Crippen molar-refractivity contribution in [3.63, 3.8) is 0 Å². The van der Waals surface area contributed by atoms with Gasteiger partial charge in [0.1, 0.15) is 0 Å². The number of carboxylic acids is 1. The number of carboxylic acid groups (broad SMARTS) is 1. The summed E-state index contributed by atoms with van der Waals surface area (Å²) in [5.41, 5.74) is 0.398. The van der Waals surface area contributed by atoms with Crippen LogP contribution in [0, 0.1) is 11.3 Å². The Balaban J connectivity index is 1.69. The average molecular weight is 602 g/mol. The van der Waals surface area contributed by atoms with Crippen LogP contribution < -0.4 is 0 Å². The molecular weight excluding hydrogens is 571 g/mol. The van der Waals surface area contributed by atoms with E-state index >= 15 is 0 Å². The summed E-state index contributed by atoms with van der Waals surface area (Å²) in [7, 11) is -3.79. The Labute approximate surface area is 244 Å². The molecule has 4 atom stereocenters. The van der Waals surface area contributed by atoms with E-state index in [1.807, 2.05) is 30.3 Å². The van der Waals surface area contributed by atoms with Gasteiger partial charge in [-0.15, -0.1) is 0 Å². The molecule has 1 saturated heterocycles. The van der Waals surface area contributed by atoms with Crippen LogP contribution in [-0.2, 0) is 19.4 Å². The van der Waals surface area contributed by atoms with E-state index in [4.69, 9.17) is 23.2 Å². The Morgan fingerprint density at radius 1 is 1.05 bits per heavy atom. The molecule has 1 aliphatic carbocycles. The van der Waals surface area contributed by atoms with Crippen LogP contribution in [0.2, 0.25) is 10.0 Å². The molecular formula is C30H30Cl2N2O5S. The zero-order valence-corrected chi connectivity index (χ0v) is 24.2. The highest BCUT2D eigenvalue weighted by atomic mass is 35.5. The fourth-order valence-corrected chi connectivity index (χ4v) is 7.97. The van der Waals surface area contributed by atoms with Crippen LogP contribution in [0.5, 0.6) is 0 Å². The van der Waals surface area contributed by atoms with E-state index in [-0.39, 0.29) is 41.2 Å². The van der Waals surface area contributed by atoms with Gasteiger partial charge in [-0.1, -0.05) is 54.4 Å². The second kappa shape index (κ2) is 11.1. The summed E-state index contributed by atoms with van der Waals surface area (Å²) in [6.07, 6.45) is 4.32. The molecule has 1 aliphatic heterocycles. The number of carbonyl (C=O) groups excluding carboxylic acids is 1. The first kappa shape index (κ1) is 28.6. The van der Waals surface area contributed by atoms with Crippen LogP contribution in [0.3, 0.4) is 0 Å². The molecule has 0 unspecified atom stereocenters. The molecule has 2 aromatic carbocycles. The smallest absolute Gasteiger partial charge is 0.304 e. The maximum Gasteiger partial charge on any atom is 0.304 e. The molecule has 2 aliphatic rings. The second-order valence-electron chi connectivity index (χ2n) is 11.1. The number of hydrogen-bond donors (Lipinski definition) is 1. The van der Waals surface area contributed by atoms with E-state index in [0.29, 0.717) is 10.0 Å². The third-order valence-corrected chi connectivity index (χ3v) is 10.3. The summed E-state index contributed by atoms with van der Waals surface area (Å²) >= 11 is 12.6. The fourth-order valence-electron chi connectivity index (χ4n) is 6.04. The Bertz CT molecular complexity index is 1510. The molecule has 0 spiro atoms. The summed E-state index contributed by atoms with van der Waals surface area (Å²) < 4.78 is 27.3. The highest BCUT2D eigenvalue weighted by Gasteiger charge is 2.55. The number of sulfone groups is 1. The molecule has 40 heavy (non-hydrogen) atoms. The van der Waals surface area contributed by atoms with Crippen LogP contribution in [0.1, 0.15) is 55.7 Å². The van der Waals surface area contributed by atoms with E-state index in [1.54, 1.807) is 30.0 Å². The van der Waals surface area contributed by atoms with Crippen molar-refractivity contribution in [3.8, 4) is 0 Å². The van der Waals surface area contributed by atoms with Gasteiger partial charge in [0.05, 0.1) is 28.5 Å². The molecule has 10 heteroatoms. The summed E-state index contributed by atoms with van der Waals surface area (Å²) in [4.78, 5) is 32.3. The van der Waals surface area contributed by atoms with Gasteiger partial charge < -0.3 is 10.0 Å². The van der Waals surface area contributed by atoms with Crippen LogP contribution in [0.4, 0.5) is 0 Å². The van der Waals surface area contributed by atoms with Crippen LogP contribution in [-0.4, -0.2) is 47.1 Å². The Hall–Kier alpha value is -2.94. The summed E-state index contributed by atoms with van der Waals surface area (Å²) in [5.74, 6) is -2.08. The van der Waals surface area contributed by atoms with Crippen molar-refractivity contribution in [2.75, 3.05) is 5.75 Å². The highest BCUT2D eigenvalue weighted by Crippen LogP contribution is 2.54. The Kier molecular flexibility index (Phi) is 7.97. The predicted molar refractivity (Wildman–Crippen MR) is 153 cm³/mol. The average Bonchev–Trinajstić information content (AvgIpc) is 3.75. The molecule has 0 bridgehead atoms. The molecule has 2 heterocycles. The number of aliphatic carboxylic acids is 1. The summed E-state index contributed by atoms with van der Waals surface area (Å²) in [6, 6.07) is 16.3. The van der Waals surface area contributed by atoms with E-state index in [9.17, 15) is 23.1 Å². The topological polar surface area (TPSA) is 105 Å². The summed E-state index contributed by atoms with van der Waals surface area (Å²) in [6.45, 7) is 1.67. The maximum atomic E-state index is 14.5. The Morgan fingerprint density at radius 3 is 2.33 bits per heavy atom. The van der Waals surface area contributed by atoms with Gasteiger partial charge in [0, 0.05) is 34.4 Å². The lowest BCUT2D eigenvalue weighted by atomic mass is 9.67. The lowest BCUT2D eigenvalue weighted by molar-refractivity contribution is -0.160. The van der Waals surface area contributed by atoms with Gasteiger partial charge in [-0.3, -0.25) is 14.6 Å². The quantitative estimate of drug-likeness (QED) is 0.314.